The van der Waals surface area contributed by atoms with Gasteiger partial charge >= 0.3 is 17.9 Å². The first-order valence-electron chi connectivity index (χ1n) is 6.13. The molecule has 1 rings (SSSR count). The standard InChI is InChI=1S/C12H16BrFO7/c1-5(15)18-4-8-10(19-6(2)16)11(20-7(3)17)9(13)12(14)21-8/h8-12H,4H2,1-3H3/t8-,9+,10+,11-,12+/m1/s1. The summed E-state index contributed by atoms with van der Waals surface area (Å²) in [6.45, 7) is 3.14. The van der Waals surface area contributed by atoms with Crippen LogP contribution in [0.3, 0.4) is 0 Å². The van der Waals surface area contributed by atoms with Gasteiger partial charge in [-0.25, -0.2) is 4.39 Å². The summed E-state index contributed by atoms with van der Waals surface area (Å²) < 4.78 is 33.6. The molecule has 0 saturated carbocycles. The van der Waals surface area contributed by atoms with E-state index in [1.807, 2.05) is 0 Å². The highest BCUT2D eigenvalue weighted by atomic mass is 79.9. The Balaban J connectivity index is 2.94. The lowest BCUT2D eigenvalue weighted by Gasteiger charge is -2.40. The second-order valence-electron chi connectivity index (χ2n) is 4.42. The maximum absolute atomic E-state index is 13.8. The predicted octanol–water partition coefficient (Wildman–Crippen LogP) is 0.871. The Hall–Kier alpha value is -1.22. The van der Waals surface area contributed by atoms with E-state index in [0.29, 0.717) is 0 Å². The first kappa shape index (κ1) is 17.8. The van der Waals surface area contributed by atoms with E-state index in [9.17, 15) is 18.8 Å². The summed E-state index contributed by atoms with van der Waals surface area (Å²) in [5, 5.41) is 0. The molecular weight excluding hydrogens is 355 g/mol. The van der Waals surface area contributed by atoms with Gasteiger partial charge in [-0.3, -0.25) is 14.4 Å². The largest absolute Gasteiger partial charge is 0.463 e. The smallest absolute Gasteiger partial charge is 0.303 e. The average Bonchev–Trinajstić information content (AvgIpc) is 2.35. The number of carbonyl (C=O) groups excluding carboxylic acids is 3. The van der Waals surface area contributed by atoms with Crippen LogP contribution in [-0.4, -0.2) is 54.0 Å². The van der Waals surface area contributed by atoms with Crippen molar-refractivity contribution in [3.8, 4) is 0 Å². The SMILES string of the molecule is CC(=O)OC[C@H]1O[C@H](F)[C@@H](Br)[C@@H](OC(C)=O)[C@H]1OC(C)=O. The molecule has 1 heterocycles. The summed E-state index contributed by atoms with van der Waals surface area (Å²) >= 11 is 3.01. The minimum Gasteiger partial charge on any atom is -0.463 e. The van der Waals surface area contributed by atoms with Crippen molar-refractivity contribution < 1.29 is 37.7 Å². The molecule has 0 aromatic rings. The number of hydrogen-bond donors (Lipinski definition) is 0. The molecule has 0 aromatic carbocycles. The summed E-state index contributed by atoms with van der Waals surface area (Å²) in [4.78, 5) is 32.1. The molecule has 21 heavy (non-hydrogen) atoms. The van der Waals surface area contributed by atoms with Gasteiger partial charge in [0, 0.05) is 20.8 Å². The molecule has 0 unspecified atom stereocenters. The average molecular weight is 371 g/mol. The highest BCUT2D eigenvalue weighted by Gasteiger charge is 2.49. The molecule has 0 aliphatic carbocycles. The Bertz CT molecular complexity index is 416. The van der Waals surface area contributed by atoms with Gasteiger partial charge in [0.2, 0.25) is 6.36 Å². The van der Waals surface area contributed by atoms with E-state index in [-0.39, 0.29) is 6.61 Å². The van der Waals surface area contributed by atoms with Gasteiger partial charge in [0.1, 0.15) is 17.5 Å². The second kappa shape index (κ2) is 7.69. The fraction of sp³-hybridized carbons (Fsp3) is 0.750. The molecule has 9 heteroatoms. The van der Waals surface area contributed by atoms with Gasteiger partial charge in [-0.1, -0.05) is 15.9 Å². The summed E-state index contributed by atoms with van der Waals surface area (Å²) in [6, 6.07) is 0. The van der Waals surface area contributed by atoms with E-state index in [2.05, 4.69) is 15.9 Å². The van der Waals surface area contributed by atoms with Crippen LogP contribution in [0.1, 0.15) is 20.8 Å². The second-order valence-corrected chi connectivity index (χ2v) is 5.48. The molecule has 7 nitrogen and oxygen atoms in total. The van der Waals surface area contributed by atoms with E-state index in [0.717, 1.165) is 13.8 Å². The van der Waals surface area contributed by atoms with Crippen molar-refractivity contribution >= 4 is 33.8 Å². The molecule has 5 atom stereocenters. The monoisotopic (exact) mass is 370 g/mol. The van der Waals surface area contributed by atoms with Crippen LogP contribution in [0, 0.1) is 0 Å². The van der Waals surface area contributed by atoms with Crippen LogP contribution >= 0.6 is 15.9 Å². The predicted molar refractivity (Wildman–Crippen MR) is 70.2 cm³/mol. The summed E-state index contributed by atoms with van der Waals surface area (Å²) in [7, 11) is 0. The molecule has 0 spiro atoms. The number of hydrogen-bond acceptors (Lipinski definition) is 7. The Morgan fingerprint density at radius 1 is 1.05 bits per heavy atom. The fourth-order valence-corrected chi connectivity index (χ4v) is 2.39. The highest BCUT2D eigenvalue weighted by Crippen LogP contribution is 2.31. The Morgan fingerprint density at radius 3 is 2.05 bits per heavy atom. The van der Waals surface area contributed by atoms with E-state index < -0.39 is 47.4 Å². The normalized spacial score (nSPS) is 32.1. The van der Waals surface area contributed by atoms with Crippen molar-refractivity contribution in [3.05, 3.63) is 0 Å². The summed E-state index contributed by atoms with van der Waals surface area (Å²) in [6.07, 6.45) is -5.09. The van der Waals surface area contributed by atoms with Crippen molar-refractivity contribution in [2.24, 2.45) is 0 Å². The Morgan fingerprint density at radius 2 is 1.57 bits per heavy atom. The number of rotatable bonds is 4. The van der Waals surface area contributed by atoms with Crippen molar-refractivity contribution in [2.75, 3.05) is 6.61 Å². The number of alkyl halides is 2. The van der Waals surface area contributed by atoms with Gasteiger partial charge in [0.25, 0.3) is 0 Å². The molecule has 0 radical (unpaired) electrons. The number of halogens is 2. The number of carbonyl (C=O) groups is 3. The topological polar surface area (TPSA) is 88.1 Å². The van der Waals surface area contributed by atoms with Crippen LogP contribution in [0.2, 0.25) is 0 Å². The van der Waals surface area contributed by atoms with Gasteiger partial charge < -0.3 is 18.9 Å². The van der Waals surface area contributed by atoms with Crippen LogP contribution < -0.4 is 0 Å². The Kier molecular flexibility index (Phi) is 6.53. The van der Waals surface area contributed by atoms with Gasteiger partial charge in [-0.2, -0.15) is 0 Å². The third-order valence-electron chi connectivity index (χ3n) is 2.61. The van der Waals surface area contributed by atoms with Crippen molar-refractivity contribution in [2.45, 2.75) is 50.3 Å². The molecule has 0 bridgehead atoms. The molecule has 0 N–H and O–H groups in total. The molecule has 1 saturated heterocycles. The molecular formula is C12H16BrFO7. The maximum Gasteiger partial charge on any atom is 0.303 e. The number of esters is 3. The van der Waals surface area contributed by atoms with Gasteiger partial charge in [-0.15, -0.1) is 0 Å². The van der Waals surface area contributed by atoms with Crippen molar-refractivity contribution in [1.29, 1.82) is 0 Å². The third kappa shape index (κ3) is 5.24. The third-order valence-corrected chi connectivity index (χ3v) is 3.55. The molecule has 1 aliphatic rings. The summed E-state index contributed by atoms with van der Waals surface area (Å²) in [5.41, 5.74) is 0. The van der Waals surface area contributed by atoms with Gasteiger partial charge in [0.05, 0.1) is 0 Å². The lowest BCUT2D eigenvalue weighted by Crippen LogP contribution is -2.58. The van der Waals surface area contributed by atoms with E-state index in [1.54, 1.807) is 0 Å². The zero-order chi connectivity index (χ0) is 16.2. The lowest BCUT2D eigenvalue weighted by atomic mass is 10.0. The lowest BCUT2D eigenvalue weighted by molar-refractivity contribution is -0.230. The summed E-state index contributed by atoms with van der Waals surface area (Å²) in [5.74, 6) is -1.92. The fourth-order valence-electron chi connectivity index (χ4n) is 1.85. The van der Waals surface area contributed by atoms with Crippen LogP contribution in [-0.2, 0) is 33.3 Å². The molecule has 0 aromatic heterocycles. The van der Waals surface area contributed by atoms with Crippen LogP contribution in [0.25, 0.3) is 0 Å². The van der Waals surface area contributed by atoms with Crippen molar-refractivity contribution in [1.82, 2.24) is 0 Å². The molecule has 1 fully saturated rings. The van der Waals surface area contributed by atoms with E-state index in [1.165, 1.54) is 6.92 Å². The first-order chi connectivity index (χ1) is 9.72. The first-order valence-corrected chi connectivity index (χ1v) is 7.05. The van der Waals surface area contributed by atoms with Crippen LogP contribution in [0.4, 0.5) is 4.39 Å². The van der Waals surface area contributed by atoms with Crippen LogP contribution in [0.15, 0.2) is 0 Å². The Labute approximate surface area is 129 Å². The quantitative estimate of drug-likeness (QED) is 0.412. The zero-order valence-corrected chi connectivity index (χ0v) is 13.3. The van der Waals surface area contributed by atoms with Gasteiger partial charge in [-0.05, 0) is 0 Å². The minimum absolute atomic E-state index is 0.328. The minimum atomic E-state index is -1.82. The van der Waals surface area contributed by atoms with Gasteiger partial charge in [0.15, 0.2) is 12.2 Å². The zero-order valence-electron chi connectivity index (χ0n) is 11.7. The highest BCUT2D eigenvalue weighted by molar-refractivity contribution is 9.09. The number of ether oxygens (including phenoxy) is 4. The molecule has 120 valence electrons. The molecule has 0 amide bonds. The molecule has 1 aliphatic heterocycles. The van der Waals surface area contributed by atoms with Crippen molar-refractivity contribution in [3.63, 3.8) is 0 Å². The van der Waals surface area contributed by atoms with E-state index in [4.69, 9.17) is 18.9 Å². The maximum atomic E-state index is 13.8. The van der Waals surface area contributed by atoms with Crippen LogP contribution in [0.5, 0.6) is 0 Å². The van der Waals surface area contributed by atoms with E-state index >= 15 is 0 Å².